The molecule has 1 aromatic heterocycles. The third-order valence-corrected chi connectivity index (χ3v) is 8.72. The molecule has 6 nitrogen and oxygen atoms in total. The van der Waals surface area contributed by atoms with Gasteiger partial charge in [-0.15, -0.1) is 0 Å². The molecular weight excluding hydrogens is 488 g/mol. The van der Waals surface area contributed by atoms with Gasteiger partial charge in [0, 0.05) is 47.9 Å². The maximum absolute atomic E-state index is 13.7. The van der Waals surface area contributed by atoms with Crippen molar-refractivity contribution in [3.05, 3.63) is 51.4 Å². The van der Waals surface area contributed by atoms with E-state index in [-0.39, 0.29) is 30.6 Å². The Hall–Kier alpha value is -2.18. The maximum atomic E-state index is 13.7. The Morgan fingerprint density at radius 2 is 1.89 bits per heavy atom. The molecule has 2 saturated carbocycles. The van der Waals surface area contributed by atoms with Gasteiger partial charge in [-0.05, 0) is 73.5 Å². The standard InChI is InChI=1S/C30H39ClN2O4/c1-17-5-6-20(24(31)9-17)12-25(34)22-14-33(16-26(35)36)15-23(22)28-27(19-7-8-19)29(37-32-28)21-10-18(11-21)13-30(2,3)4/h5-6,9,18-19,21-23H,7-8,10-16H2,1-4H3,(H,35,36). The van der Waals surface area contributed by atoms with Crippen LogP contribution in [0.1, 0.15) is 98.8 Å². The number of carbonyl (C=O) groups is 2. The van der Waals surface area contributed by atoms with E-state index in [0.29, 0.717) is 35.4 Å². The number of benzene rings is 1. The van der Waals surface area contributed by atoms with Gasteiger partial charge in [0.25, 0.3) is 0 Å². The maximum Gasteiger partial charge on any atom is 0.317 e. The number of rotatable bonds is 9. The third-order valence-electron chi connectivity index (χ3n) is 8.37. The van der Waals surface area contributed by atoms with Crippen LogP contribution in [0.4, 0.5) is 0 Å². The van der Waals surface area contributed by atoms with Gasteiger partial charge < -0.3 is 9.63 Å². The number of carboxylic acid groups (broad SMARTS) is 1. The number of aryl methyl sites for hydroxylation is 1. The lowest BCUT2D eigenvalue weighted by atomic mass is 9.66. The average molecular weight is 527 g/mol. The van der Waals surface area contributed by atoms with E-state index < -0.39 is 5.97 Å². The first-order valence-corrected chi connectivity index (χ1v) is 14.1. The molecule has 0 amide bonds. The summed E-state index contributed by atoms with van der Waals surface area (Å²) >= 11 is 6.45. The number of aliphatic carboxylic acids is 1. The Bertz CT molecular complexity index is 1170. The van der Waals surface area contributed by atoms with E-state index in [2.05, 4.69) is 25.9 Å². The topological polar surface area (TPSA) is 83.6 Å². The van der Waals surface area contributed by atoms with Crippen molar-refractivity contribution in [1.29, 1.82) is 0 Å². The van der Waals surface area contributed by atoms with Crippen LogP contribution in [0.5, 0.6) is 0 Å². The Balaban J connectivity index is 1.39. The highest BCUT2D eigenvalue weighted by Gasteiger charge is 2.46. The van der Waals surface area contributed by atoms with E-state index in [0.717, 1.165) is 54.2 Å². The van der Waals surface area contributed by atoms with Gasteiger partial charge in [0.05, 0.1) is 12.2 Å². The lowest BCUT2D eigenvalue weighted by molar-refractivity contribution is -0.138. The second-order valence-electron chi connectivity index (χ2n) is 13.0. The minimum Gasteiger partial charge on any atom is -0.480 e. The second kappa shape index (κ2) is 10.2. The molecule has 3 fully saturated rings. The molecule has 2 atom stereocenters. The lowest BCUT2D eigenvalue weighted by Gasteiger charge is -2.38. The number of carboxylic acids is 1. The fraction of sp³-hybridized carbons (Fsp3) is 0.633. The monoisotopic (exact) mass is 526 g/mol. The van der Waals surface area contributed by atoms with Crippen molar-refractivity contribution < 1.29 is 19.2 Å². The molecule has 7 heteroatoms. The molecule has 0 bridgehead atoms. The average Bonchev–Trinajstić information content (AvgIpc) is 3.38. The molecule has 0 spiro atoms. The van der Waals surface area contributed by atoms with Gasteiger partial charge in [0.1, 0.15) is 11.5 Å². The molecule has 1 aromatic carbocycles. The summed E-state index contributed by atoms with van der Waals surface area (Å²) in [4.78, 5) is 27.1. The summed E-state index contributed by atoms with van der Waals surface area (Å²) in [5, 5.41) is 14.7. The Labute approximate surface area is 224 Å². The van der Waals surface area contributed by atoms with Gasteiger partial charge in [-0.2, -0.15) is 0 Å². The van der Waals surface area contributed by atoms with Crippen molar-refractivity contribution in [2.75, 3.05) is 19.6 Å². The Morgan fingerprint density at radius 1 is 1.16 bits per heavy atom. The number of Topliss-reactive ketones (excluding diaryl/α,β-unsaturated/α-hetero) is 1. The highest BCUT2D eigenvalue weighted by atomic mass is 35.5. The Morgan fingerprint density at radius 3 is 2.51 bits per heavy atom. The summed E-state index contributed by atoms with van der Waals surface area (Å²) in [5.74, 6) is 1.33. The minimum absolute atomic E-state index is 0.0772. The predicted molar refractivity (Wildman–Crippen MR) is 143 cm³/mol. The van der Waals surface area contributed by atoms with Crippen LogP contribution in [-0.4, -0.2) is 46.5 Å². The zero-order chi connectivity index (χ0) is 26.5. The van der Waals surface area contributed by atoms with Gasteiger partial charge in [-0.3, -0.25) is 14.5 Å². The lowest BCUT2D eigenvalue weighted by Crippen LogP contribution is -2.29. The highest BCUT2D eigenvalue weighted by Crippen LogP contribution is 2.54. The fourth-order valence-corrected chi connectivity index (χ4v) is 6.88. The molecule has 2 aliphatic carbocycles. The number of hydrogen-bond donors (Lipinski definition) is 1. The summed E-state index contributed by atoms with van der Waals surface area (Å²) in [6.45, 7) is 9.72. The molecule has 3 aliphatic rings. The largest absolute Gasteiger partial charge is 0.480 e. The molecule has 1 aliphatic heterocycles. The van der Waals surface area contributed by atoms with Gasteiger partial charge in [-0.1, -0.05) is 49.7 Å². The summed E-state index contributed by atoms with van der Waals surface area (Å²) in [6.07, 6.45) is 5.98. The molecular formula is C30H39ClN2O4. The first kappa shape index (κ1) is 26.4. The summed E-state index contributed by atoms with van der Waals surface area (Å²) in [5.41, 5.74) is 4.32. The van der Waals surface area contributed by atoms with Crippen LogP contribution < -0.4 is 0 Å². The number of aromatic nitrogens is 1. The third kappa shape index (κ3) is 5.96. The van der Waals surface area contributed by atoms with Crippen molar-refractivity contribution in [1.82, 2.24) is 10.1 Å². The van der Waals surface area contributed by atoms with Crippen LogP contribution in [0.2, 0.25) is 5.02 Å². The zero-order valence-electron chi connectivity index (χ0n) is 22.4. The quantitative estimate of drug-likeness (QED) is 0.409. The van der Waals surface area contributed by atoms with Gasteiger partial charge in [0.15, 0.2) is 0 Å². The summed E-state index contributed by atoms with van der Waals surface area (Å²) in [6, 6.07) is 5.77. The van der Waals surface area contributed by atoms with E-state index in [1.807, 2.05) is 30.0 Å². The number of nitrogens with zero attached hydrogens (tertiary/aromatic N) is 2. The van der Waals surface area contributed by atoms with Gasteiger partial charge >= 0.3 is 5.97 Å². The molecule has 2 aromatic rings. The number of carbonyl (C=O) groups excluding carboxylic acids is 1. The van der Waals surface area contributed by atoms with Gasteiger partial charge in [-0.25, -0.2) is 0 Å². The van der Waals surface area contributed by atoms with Crippen LogP contribution in [0, 0.1) is 24.2 Å². The van der Waals surface area contributed by atoms with Crippen LogP contribution in [-0.2, 0) is 16.0 Å². The normalized spacial score (nSPS) is 26.3. The molecule has 2 heterocycles. The smallest absolute Gasteiger partial charge is 0.317 e. The van der Waals surface area contributed by atoms with E-state index in [4.69, 9.17) is 16.1 Å². The van der Waals surface area contributed by atoms with Crippen LogP contribution in [0.25, 0.3) is 0 Å². The van der Waals surface area contributed by atoms with Crippen LogP contribution in [0.15, 0.2) is 22.7 Å². The molecule has 5 rings (SSSR count). The summed E-state index contributed by atoms with van der Waals surface area (Å²) < 4.78 is 6.07. The van der Waals surface area contributed by atoms with Crippen LogP contribution in [0.3, 0.4) is 0 Å². The zero-order valence-corrected chi connectivity index (χ0v) is 23.2. The first-order valence-electron chi connectivity index (χ1n) is 13.7. The number of ketones is 1. The van der Waals surface area contributed by atoms with Crippen molar-refractivity contribution in [2.45, 2.75) is 84.0 Å². The van der Waals surface area contributed by atoms with E-state index in [1.165, 1.54) is 12.0 Å². The van der Waals surface area contributed by atoms with E-state index in [1.54, 1.807) is 0 Å². The molecule has 1 N–H and O–H groups in total. The van der Waals surface area contributed by atoms with Crippen molar-refractivity contribution in [3.8, 4) is 0 Å². The fourth-order valence-electron chi connectivity index (χ4n) is 6.57. The summed E-state index contributed by atoms with van der Waals surface area (Å²) in [7, 11) is 0. The van der Waals surface area contributed by atoms with Crippen LogP contribution >= 0.6 is 11.6 Å². The number of hydrogen-bond acceptors (Lipinski definition) is 5. The number of likely N-dealkylation sites (tertiary alicyclic amines) is 1. The van der Waals surface area contributed by atoms with Crippen molar-refractivity contribution in [3.63, 3.8) is 0 Å². The van der Waals surface area contributed by atoms with E-state index in [9.17, 15) is 14.7 Å². The molecule has 2 unspecified atom stereocenters. The number of halogens is 1. The minimum atomic E-state index is -0.879. The van der Waals surface area contributed by atoms with Crippen molar-refractivity contribution in [2.24, 2.45) is 17.3 Å². The molecule has 200 valence electrons. The molecule has 0 radical (unpaired) electrons. The SMILES string of the molecule is Cc1ccc(CC(=O)C2CN(CC(=O)O)CC2c2noc(C3CC(CC(C)(C)C)C3)c2C2CC2)c(Cl)c1. The molecule has 37 heavy (non-hydrogen) atoms. The Kier molecular flexibility index (Phi) is 7.27. The van der Waals surface area contributed by atoms with Crippen molar-refractivity contribution >= 4 is 23.4 Å². The predicted octanol–water partition coefficient (Wildman–Crippen LogP) is 6.36. The second-order valence-corrected chi connectivity index (χ2v) is 13.4. The first-order chi connectivity index (χ1) is 17.5. The van der Waals surface area contributed by atoms with E-state index >= 15 is 0 Å². The van der Waals surface area contributed by atoms with Gasteiger partial charge in [0.2, 0.25) is 0 Å². The highest BCUT2D eigenvalue weighted by molar-refractivity contribution is 6.31. The molecule has 1 saturated heterocycles.